The molecule has 1 N–H and O–H groups in total. The Kier molecular flexibility index (Phi) is 2.85. The van der Waals surface area contributed by atoms with Crippen LogP contribution < -0.4 is 5.43 Å². The van der Waals surface area contributed by atoms with Crippen molar-refractivity contribution in [2.75, 3.05) is 5.43 Å². The highest BCUT2D eigenvalue weighted by atomic mass is 16.6. The first-order chi connectivity index (χ1) is 9.56. The Morgan fingerprint density at radius 1 is 1.25 bits per heavy atom. The number of hydrogen-bond acceptors (Lipinski definition) is 6. The minimum atomic E-state index is -0.658. The average molecular weight is 276 g/mol. The van der Waals surface area contributed by atoms with Crippen molar-refractivity contribution in [2.24, 2.45) is 16.9 Å². The average Bonchev–Trinajstić information content (AvgIpc) is 3.09. The van der Waals surface area contributed by atoms with Crippen molar-refractivity contribution >= 4 is 22.8 Å². The van der Waals surface area contributed by atoms with Crippen LogP contribution in [0, 0.1) is 32.1 Å². The molecule has 2 aliphatic rings. The molecule has 1 aromatic carbocycles. The molecular formula is C12H12N4O4. The number of benzene rings is 1. The molecule has 0 aliphatic heterocycles. The lowest BCUT2D eigenvalue weighted by Gasteiger charge is -2.04. The first-order valence-electron chi connectivity index (χ1n) is 6.31. The highest BCUT2D eigenvalue weighted by Crippen LogP contribution is 2.50. The third-order valence-electron chi connectivity index (χ3n) is 3.83. The van der Waals surface area contributed by atoms with Crippen LogP contribution in [0.4, 0.5) is 17.1 Å². The van der Waals surface area contributed by atoms with Crippen molar-refractivity contribution in [2.45, 2.75) is 19.3 Å². The third-order valence-corrected chi connectivity index (χ3v) is 3.83. The van der Waals surface area contributed by atoms with E-state index in [9.17, 15) is 20.2 Å². The number of hydrazone groups is 1. The Morgan fingerprint density at radius 2 is 2.05 bits per heavy atom. The number of nitro benzene ring substituents is 2. The number of nitro groups is 2. The van der Waals surface area contributed by atoms with Crippen LogP contribution in [-0.4, -0.2) is 15.6 Å². The fourth-order valence-corrected chi connectivity index (χ4v) is 2.64. The summed E-state index contributed by atoms with van der Waals surface area (Å²) in [6.07, 6.45) is 3.21. The second kappa shape index (κ2) is 4.55. The van der Waals surface area contributed by atoms with Gasteiger partial charge in [0.1, 0.15) is 5.69 Å². The van der Waals surface area contributed by atoms with Crippen molar-refractivity contribution in [3.05, 3.63) is 38.4 Å². The zero-order valence-electron chi connectivity index (χ0n) is 10.5. The van der Waals surface area contributed by atoms with Crippen LogP contribution in [0.5, 0.6) is 0 Å². The zero-order chi connectivity index (χ0) is 14.3. The molecule has 8 nitrogen and oxygen atoms in total. The van der Waals surface area contributed by atoms with E-state index in [0.29, 0.717) is 5.92 Å². The lowest BCUT2D eigenvalue weighted by molar-refractivity contribution is -0.393. The summed E-state index contributed by atoms with van der Waals surface area (Å²) in [5.41, 5.74) is 3.26. The van der Waals surface area contributed by atoms with E-state index >= 15 is 0 Å². The molecular weight excluding hydrogens is 264 g/mol. The molecule has 104 valence electrons. The molecule has 20 heavy (non-hydrogen) atoms. The van der Waals surface area contributed by atoms with E-state index in [2.05, 4.69) is 10.5 Å². The highest BCUT2D eigenvalue weighted by Gasteiger charge is 2.45. The molecule has 2 fully saturated rings. The van der Waals surface area contributed by atoms with Crippen LogP contribution in [0.15, 0.2) is 23.3 Å². The number of anilines is 1. The van der Waals surface area contributed by atoms with Crippen LogP contribution in [0.25, 0.3) is 0 Å². The Hall–Kier alpha value is -2.51. The first kappa shape index (κ1) is 12.5. The van der Waals surface area contributed by atoms with E-state index in [1.54, 1.807) is 0 Å². The molecule has 0 aromatic heterocycles. The van der Waals surface area contributed by atoms with Crippen molar-refractivity contribution in [3.8, 4) is 0 Å². The van der Waals surface area contributed by atoms with Gasteiger partial charge in [0, 0.05) is 17.7 Å². The standard InChI is InChI=1S/C12H12N4O4/c17-15(18)8-2-4-11(12(6-8)16(19)20)14-13-10-3-1-7-5-9(7)10/h2,4,6-7,9,14H,1,3,5H2/b13-10+/t7-,9+/m1/s1. The van der Waals surface area contributed by atoms with Gasteiger partial charge in [0.05, 0.1) is 15.9 Å². The summed E-state index contributed by atoms with van der Waals surface area (Å²) >= 11 is 0. The summed E-state index contributed by atoms with van der Waals surface area (Å²) in [5.74, 6) is 1.27. The van der Waals surface area contributed by atoms with Crippen molar-refractivity contribution in [1.82, 2.24) is 0 Å². The molecule has 2 saturated carbocycles. The Bertz CT molecular complexity index is 628. The molecule has 8 heteroatoms. The van der Waals surface area contributed by atoms with E-state index in [0.717, 1.165) is 37.0 Å². The van der Waals surface area contributed by atoms with Gasteiger partial charge < -0.3 is 0 Å². The second-order valence-corrected chi connectivity index (χ2v) is 5.07. The fraction of sp³-hybridized carbons (Fsp3) is 0.417. The minimum Gasteiger partial charge on any atom is -0.272 e. The molecule has 2 aliphatic carbocycles. The lowest BCUT2D eigenvalue weighted by Crippen LogP contribution is -2.03. The second-order valence-electron chi connectivity index (χ2n) is 5.07. The molecule has 0 heterocycles. The number of non-ortho nitro benzene ring substituents is 1. The summed E-state index contributed by atoms with van der Waals surface area (Å²) in [4.78, 5) is 20.3. The van der Waals surface area contributed by atoms with Crippen LogP contribution in [0.2, 0.25) is 0 Å². The molecule has 3 rings (SSSR count). The highest BCUT2D eigenvalue weighted by molar-refractivity contribution is 5.92. The first-order valence-corrected chi connectivity index (χ1v) is 6.31. The monoisotopic (exact) mass is 276 g/mol. The predicted octanol–water partition coefficient (Wildman–Crippen LogP) is 2.70. The van der Waals surface area contributed by atoms with Gasteiger partial charge in [0.25, 0.3) is 5.69 Å². The number of nitrogens with one attached hydrogen (secondary N) is 1. The van der Waals surface area contributed by atoms with E-state index in [1.807, 2.05) is 0 Å². The van der Waals surface area contributed by atoms with Gasteiger partial charge in [0.2, 0.25) is 0 Å². The largest absolute Gasteiger partial charge is 0.301 e. The summed E-state index contributed by atoms with van der Waals surface area (Å²) in [5, 5.41) is 25.8. The Balaban J connectivity index is 1.85. The Labute approximate surface area is 113 Å². The molecule has 0 spiro atoms. The molecule has 0 unspecified atom stereocenters. The van der Waals surface area contributed by atoms with Crippen LogP contribution >= 0.6 is 0 Å². The molecule has 0 saturated heterocycles. The summed E-state index contributed by atoms with van der Waals surface area (Å²) in [6.45, 7) is 0. The zero-order valence-corrected chi connectivity index (χ0v) is 10.5. The van der Waals surface area contributed by atoms with Gasteiger partial charge in [-0.15, -0.1) is 0 Å². The number of rotatable bonds is 4. The molecule has 0 amide bonds. The van der Waals surface area contributed by atoms with Gasteiger partial charge in [-0.25, -0.2) is 0 Å². The number of nitrogens with zero attached hydrogens (tertiary/aromatic N) is 3. The van der Waals surface area contributed by atoms with Gasteiger partial charge in [-0.2, -0.15) is 5.10 Å². The predicted molar refractivity (Wildman–Crippen MR) is 71.6 cm³/mol. The minimum absolute atomic E-state index is 0.178. The van der Waals surface area contributed by atoms with Crippen LogP contribution in [0.1, 0.15) is 19.3 Å². The molecule has 2 atom stereocenters. The van der Waals surface area contributed by atoms with E-state index in [1.165, 1.54) is 12.1 Å². The van der Waals surface area contributed by atoms with Crippen molar-refractivity contribution in [3.63, 3.8) is 0 Å². The van der Waals surface area contributed by atoms with Gasteiger partial charge in [0.15, 0.2) is 0 Å². The van der Waals surface area contributed by atoms with Crippen LogP contribution in [0.3, 0.4) is 0 Å². The fourth-order valence-electron chi connectivity index (χ4n) is 2.64. The summed E-state index contributed by atoms with van der Waals surface area (Å²) in [7, 11) is 0. The van der Waals surface area contributed by atoms with Crippen LogP contribution in [-0.2, 0) is 0 Å². The molecule has 0 bridgehead atoms. The topological polar surface area (TPSA) is 111 Å². The van der Waals surface area contributed by atoms with E-state index < -0.39 is 9.85 Å². The SMILES string of the molecule is O=[N+]([O-])c1ccc(N/N=C2\CC[C@@H]3C[C@H]23)c([N+](=O)[O-])c1. The third kappa shape index (κ3) is 2.20. The van der Waals surface area contributed by atoms with E-state index in [4.69, 9.17) is 0 Å². The normalized spacial score (nSPS) is 25.3. The van der Waals surface area contributed by atoms with Gasteiger partial charge >= 0.3 is 5.69 Å². The maximum absolute atomic E-state index is 11.0. The number of fused-ring (bicyclic) bond motifs is 1. The van der Waals surface area contributed by atoms with Crippen molar-refractivity contribution in [1.29, 1.82) is 0 Å². The van der Waals surface area contributed by atoms with Gasteiger partial charge in [-0.1, -0.05) is 0 Å². The van der Waals surface area contributed by atoms with Gasteiger partial charge in [-0.05, 0) is 31.2 Å². The lowest BCUT2D eigenvalue weighted by atomic mass is 10.2. The summed E-state index contributed by atoms with van der Waals surface area (Å²) < 4.78 is 0. The maximum atomic E-state index is 11.0. The molecule has 1 aromatic rings. The Morgan fingerprint density at radius 3 is 2.60 bits per heavy atom. The maximum Gasteiger partial charge on any atom is 0.301 e. The quantitative estimate of drug-likeness (QED) is 0.671. The van der Waals surface area contributed by atoms with Crippen molar-refractivity contribution < 1.29 is 9.85 Å². The number of hydrogen-bond donors (Lipinski definition) is 1. The van der Waals surface area contributed by atoms with E-state index in [-0.39, 0.29) is 17.1 Å². The summed E-state index contributed by atoms with van der Waals surface area (Å²) in [6, 6.07) is 3.49. The molecule has 0 radical (unpaired) electrons. The smallest absolute Gasteiger partial charge is 0.272 e. The van der Waals surface area contributed by atoms with Gasteiger partial charge in [-0.3, -0.25) is 25.7 Å².